The molecule has 1 nitrogen and oxygen atoms in total. The van der Waals surface area contributed by atoms with Crippen molar-refractivity contribution in [3.05, 3.63) is 0 Å². The Kier molecular flexibility index (Phi) is 1.77. The zero-order valence-electron chi connectivity index (χ0n) is 4.55. The van der Waals surface area contributed by atoms with Crippen LogP contribution in [0.3, 0.4) is 0 Å². The third-order valence-electron chi connectivity index (χ3n) is 1.51. The first-order valence-corrected chi connectivity index (χ1v) is 3.29. The van der Waals surface area contributed by atoms with E-state index >= 15 is 0 Å². The van der Waals surface area contributed by atoms with E-state index in [-0.39, 0.29) is 11.3 Å². The number of thiol groups is 1. The van der Waals surface area contributed by atoms with E-state index in [0.29, 0.717) is 6.42 Å². The SMILES string of the molecule is NC1CC(S)CC1F. The zero-order chi connectivity index (χ0) is 6.15. The van der Waals surface area contributed by atoms with Gasteiger partial charge in [-0.1, -0.05) is 0 Å². The Labute approximate surface area is 53.9 Å². The van der Waals surface area contributed by atoms with Crippen LogP contribution in [0.4, 0.5) is 4.39 Å². The molecule has 0 radical (unpaired) electrons. The molecule has 0 aliphatic heterocycles. The molecule has 0 aromatic rings. The van der Waals surface area contributed by atoms with Crippen LogP contribution < -0.4 is 5.73 Å². The van der Waals surface area contributed by atoms with Crippen LogP contribution in [0.5, 0.6) is 0 Å². The highest BCUT2D eigenvalue weighted by atomic mass is 32.1. The Morgan fingerprint density at radius 3 is 2.25 bits per heavy atom. The number of alkyl halides is 1. The lowest BCUT2D eigenvalue weighted by molar-refractivity contribution is 0.313. The van der Waals surface area contributed by atoms with Gasteiger partial charge >= 0.3 is 0 Å². The van der Waals surface area contributed by atoms with Crippen molar-refractivity contribution in [1.29, 1.82) is 0 Å². The van der Waals surface area contributed by atoms with Crippen LogP contribution >= 0.6 is 12.6 Å². The summed E-state index contributed by atoms with van der Waals surface area (Å²) in [6.45, 7) is 0. The van der Waals surface area contributed by atoms with Gasteiger partial charge in [-0.2, -0.15) is 12.6 Å². The molecular weight excluding hydrogens is 125 g/mol. The second-order valence-corrected chi connectivity index (χ2v) is 3.04. The van der Waals surface area contributed by atoms with Crippen LogP contribution in [0.15, 0.2) is 0 Å². The molecule has 1 rings (SSSR count). The van der Waals surface area contributed by atoms with E-state index in [1.165, 1.54) is 0 Å². The normalized spacial score (nSPS) is 47.6. The number of rotatable bonds is 0. The molecule has 3 heteroatoms. The summed E-state index contributed by atoms with van der Waals surface area (Å²) in [5, 5.41) is 0.194. The summed E-state index contributed by atoms with van der Waals surface area (Å²) in [5.74, 6) is 0. The monoisotopic (exact) mass is 135 g/mol. The summed E-state index contributed by atoms with van der Waals surface area (Å²) in [6, 6.07) is -0.252. The van der Waals surface area contributed by atoms with Crippen LogP contribution in [0, 0.1) is 0 Å². The van der Waals surface area contributed by atoms with Gasteiger partial charge in [-0.05, 0) is 12.8 Å². The van der Waals surface area contributed by atoms with E-state index < -0.39 is 6.17 Å². The molecule has 0 saturated heterocycles. The van der Waals surface area contributed by atoms with Crippen molar-refractivity contribution >= 4 is 12.6 Å². The largest absolute Gasteiger partial charge is 0.325 e. The Bertz CT molecular complexity index is 78.5. The fraction of sp³-hybridized carbons (Fsp3) is 1.00. The maximum atomic E-state index is 12.4. The predicted molar refractivity (Wildman–Crippen MR) is 34.9 cm³/mol. The quantitative estimate of drug-likeness (QED) is 0.471. The van der Waals surface area contributed by atoms with Crippen LogP contribution in [-0.4, -0.2) is 17.5 Å². The van der Waals surface area contributed by atoms with Crippen molar-refractivity contribution in [2.75, 3.05) is 0 Å². The van der Waals surface area contributed by atoms with Gasteiger partial charge in [-0.15, -0.1) is 0 Å². The van der Waals surface area contributed by atoms with Crippen LogP contribution in [0.2, 0.25) is 0 Å². The highest BCUT2D eigenvalue weighted by Crippen LogP contribution is 2.24. The minimum absolute atomic E-state index is 0.194. The molecular formula is C5H10FNS. The molecule has 8 heavy (non-hydrogen) atoms. The molecule has 1 aliphatic rings. The highest BCUT2D eigenvalue weighted by molar-refractivity contribution is 7.81. The molecule has 0 aromatic carbocycles. The summed E-state index contributed by atoms with van der Waals surface area (Å²) in [6.07, 6.45) is 0.451. The average molecular weight is 135 g/mol. The van der Waals surface area contributed by atoms with Crippen LogP contribution in [0.1, 0.15) is 12.8 Å². The first-order valence-electron chi connectivity index (χ1n) is 2.78. The molecule has 0 bridgehead atoms. The molecule has 1 aliphatic carbocycles. The highest BCUT2D eigenvalue weighted by Gasteiger charge is 2.29. The van der Waals surface area contributed by atoms with Gasteiger partial charge in [0.15, 0.2) is 0 Å². The fourth-order valence-electron chi connectivity index (χ4n) is 0.993. The van der Waals surface area contributed by atoms with Gasteiger partial charge in [0.25, 0.3) is 0 Å². The van der Waals surface area contributed by atoms with E-state index in [1.54, 1.807) is 0 Å². The van der Waals surface area contributed by atoms with Crippen LogP contribution in [-0.2, 0) is 0 Å². The molecule has 0 heterocycles. The van der Waals surface area contributed by atoms with Gasteiger partial charge in [-0.25, -0.2) is 4.39 Å². The molecule has 1 fully saturated rings. The molecule has 0 aromatic heterocycles. The maximum absolute atomic E-state index is 12.4. The molecule has 0 amide bonds. The molecule has 0 spiro atoms. The second-order valence-electron chi connectivity index (χ2n) is 2.31. The summed E-state index contributed by atoms with van der Waals surface area (Å²) in [4.78, 5) is 0. The standard InChI is InChI=1S/C5H10FNS/c6-4-1-3(8)2-5(4)7/h3-5,8H,1-2,7H2. The second kappa shape index (κ2) is 2.23. The minimum atomic E-state index is -0.808. The lowest BCUT2D eigenvalue weighted by Crippen LogP contribution is -2.25. The van der Waals surface area contributed by atoms with E-state index in [1.807, 2.05) is 0 Å². The van der Waals surface area contributed by atoms with Crippen molar-refractivity contribution < 1.29 is 4.39 Å². The van der Waals surface area contributed by atoms with Gasteiger partial charge in [0.2, 0.25) is 0 Å². The van der Waals surface area contributed by atoms with Gasteiger partial charge in [0.1, 0.15) is 6.17 Å². The summed E-state index contributed by atoms with van der Waals surface area (Å²) in [7, 11) is 0. The van der Waals surface area contributed by atoms with Crippen molar-refractivity contribution in [3.8, 4) is 0 Å². The first kappa shape index (κ1) is 6.36. The van der Waals surface area contributed by atoms with Gasteiger partial charge in [-0.3, -0.25) is 0 Å². The zero-order valence-corrected chi connectivity index (χ0v) is 5.44. The summed E-state index contributed by atoms with van der Waals surface area (Å²) >= 11 is 4.09. The Morgan fingerprint density at radius 2 is 2.12 bits per heavy atom. The van der Waals surface area contributed by atoms with Crippen molar-refractivity contribution in [2.24, 2.45) is 5.73 Å². The Morgan fingerprint density at radius 1 is 1.50 bits per heavy atom. The maximum Gasteiger partial charge on any atom is 0.116 e. The first-order chi connectivity index (χ1) is 3.70. The summed E-state index contributed by atoms with van der Waals surface area (Å²) in [5.41, 5.74) is 5.34. The average Bonchev–Trinajstić information content (AvgIpc) is 1.85. The van der Waals surface area contributed by atoms with Crippen molar-refractivity contribution in [1.82, 2.24) is 0 Å². The molecule has 2 N–H and O–H groups in total. The number of hydrogen-bond acceptors (Lipinski definition) is 2. The third-order valence-corrected chi connectivity index (χ3v) is 1.93. The lowest BCUT2D eigenvalue weighted by atomic mass is 10.2. The van der Waals surface area contributed by atoms with Gasteiger partial charge in [0.05, 0.1) is 0 Å². The summed E-state index contributed by atoms with van der Waals surface area (Å²) < 4.78 is 12.4. The Hall–Kier alpha value is 0.240. The Balaban J connectivity index is 2.39. The van der Waals surface area contributed by atoms with E-state index in [4.69, 9.17) is 5.73 Å². The van der Waals surface area contributed by atoms with Crippen molar-refractivity contribution in [3.63, 3.8) is 0 Å². The third kappa shape index (κ3) is 1.14. The number of nitrogens with two attached hydrogens (primary N) is 1. The fourth-order valence-corrected chi connectivity index (χ4v) is 1.44. The number of hydrogen-bond donors (Lipinski definition) is 2. The molecule has 1 saturated carbocycles. The van der Waals surface area contributed by atoms with E-state index in [0.717, 1.165) is 6.42 Å². The van der Waals surface area contributed by atoms with E-state index in [2.05, 4.69) is 12.6 Å². The number of halogens is 1. The molecule has 48 valence electrons. The van der Waals surface area contributed by atoms with E-state index in [9.17, 15) is 4.39 Å². The van der Waals surface area contributed by atoms with Crippen molar-refractivity contribution in [2.45, 2.75) is 30.3 Å². The van der Waals surface area contributed by atoms with Gasteiger partial charge in [0, 0.05) is 11.3 Å². The minimum Gasteiger partial charge on any atom is -0.325 e. The van der Waals surface area contributed by atoms with Gasteiger partial charge < -0.3 is 5.73 Å². The molecule has 3 atom stereocenters. The smallest absolute Gasteiger partial charge is 0.116 e. The predicted octanol–water partition coefficient (Wildman–Crippen LogP) is 0.744. The van der Waals surface area contributed by atoms with Crippen LogP contribution in [0.25, 0.3) is 0 Å². The molecule has 3 unspecified atom stereocenters. The lowest BCUT2D eigenvalue weighted by Gasteiger charge is -2.01. The topological polar surface area (TPSA) is 26.0 Å².